The molecule has 2 aliphatic carbocycles. The summed E-state index contributed by atoms with van der Waals surface area (Å²) in [4.78, 5) is 0. The molecular formula is C28H38O2. The molecule has 30 heavy (non-hydrogen) atoms. The minimum Gasteiger partial charge on any atom is -0.386 e. The van der Waals surface area contributed by atoms with Gasteiger partial charge in [0.25, 0.3) is 0 Å². The van der Waals surface area contributed by atoms with Gasteiger partial charge in [-0.1, -0.05) is 112 Å². The first kappa shape index (κ1) is 21.6. The van der Waals surface area contributed by atoms with Gasteiger partial charge in [-0.3, -0.25) is 0 Å². The van der Waals surface area contributed by atoms with Crippen LogP contribution in [-0.4, -0.2) is 15.8 Å². The average Bonchev–Trinajstić information content (AvgIpc) is 2.75. The van der Waals surface area contributed by atoms with Crippen molar-refractivity contribution in [2.24, 2.45) is 5.92 Å². The number of hydrogen-bond donors (Lipinski definition) is 2. The van der Waals surface area contributed by atoms with E-state index in [9.17, 15) is 10.2 Å². The molecule has 2 saturated carbocycles. The van der Waals surface area contributed by atoms with E-state index in [4.69, 9.17) is 0 Å². The van der Waals surface area contributed by atoms with Crippen molar-refractivity contribution >= 4 is 0 Å². The molecule has 0 aliphatic heterocycles. The molecule has 2 aromatic carbocycles. The lowest BCUT2D eigenvalue weighted by atomic mass is 9.57. The van der Waals surface area contributed by atoms with Crippen molar-refractivity contribution in [1.82, 2.24) is 0 Å². The molecular weight excluding hydrogens is 368 g/mol. The van der Waals surface area contributed by atoms with Crippen LogP contribution in [0.1, 0.15) is 94.1 Å². The number of hydrogen-bond acceptors (Lipinski definition) is 2. The Morgan fingerprint density at radius 1 is 0.600 bits per heavy atom. The van der Waals surface area contributed by atoms with Gasteiger partial charge in [-0.2, -0.15) is 0 Å². The van der Waals surface area contributed by atoms with Crippen molar-refractivity contribution in [2.45, 2.75) is 94.2 Å². The molecule has 2 heteroatoms. The molecule has 3 atom stereocenters. The summed E-state index contributed by atoms with van der Waals surface area (Å²) >= 11 is 0. The third-order valence-electron chi connectivity index (χ3n) is 7.91. The van der Waals surface area contributed by atoms with Gasteiger partial charge >= 0.3 is 0 Å². The maximum Gasteiger partial charge on any atom is 0.125 e. The summed E-state index contributed by atoms with van der Waals surface area (Å²) in [6.45, 7) is 0. The Labute approximate surface area is 182 Å². The molecule has 0 aromatic heterocycles. The van der Waals surface area contributed by atoms with Crippen molar-refractivity contribution in [1.29, 1.82) is 0 Å². The fraction of sp³-hybridized carbons (Fsp3) is 0.571. The molecule has 0 heterocycles. The van der Waals surface area contributed by atoms with Crippen LogP contribution in [-0.2, 0) is 5.60 Å². The van der Waals surface area contributed by atoms with Crippen LogP contribution in [0.3, 0.4) is 0 Å². The Hall–Kier alpha value is -1.64. The van der Waals surface area contributed by atoms with E-state index >= 15 is 0 Å². The molecule has 2 aliphatic rings. The van der Waals surface area contributed by atoms with Crippen LogP contribution < -0.4 is 0 Å². The van der Waals surface area contributed by atoms with Crippen molar-refractivity contribution in [2.75, 3.05) is 0 Å². The Bertz CT molecular complexity index is 766. The van der Waals surface area contributed by atoms with Gasteiger partial charge < -0.3 is 10.2 Å². The maximum atomic E-state index is 12.7. The molecule has 0 amide bonds. The van der Waals surface area contributed by atoms with Gasteiger partial charge in [0, 0.05) is 5.92 Å². The maximum absolute atomic E-state index is 12.7. The minimum atomic E-state index is -1.28. The molecule has 4 rings (SSSR count). The quantitative estimate of drug-likeness (QED) is 0.594. The van der Waals surface area contributed by atoms with E-state index in [2.05, 4.69) is 24.3 Å². The summed E-state index contributed by atoms with van der Waals surface area (Å²) in [6.07, 6.45) is 13.0. The lowest BCUT2D eigenvalue weighted by Gasteiger charge is -2.54. The van der Waals surface area contributed by atoms with Crippen molar-refractivity contribution in [3.05, 3.63) is 71.8 Å². The Kier molecular flexibility index (Phi) is 6.95. The second kappa shape index (κ2) is 9.66. The van der Waals surface area contributed by atoms with Gasteiger partial charge in [-0.05, 0) is 42.7 Å². The summed E-state index contributed by atoms with van der Waals surface area (Å²) in [5.74, 6) is 0.0455. The molecule has 0 bridgehead atoms. The van der Waals surface area contributed by atoms with E-state index in [0.29, 0.717) is 6.42 Å². The Morgan fingerprint density at radius 3 is 1.80 bits per heavy atom. The minimum absolute atomic E-state index is 0.100. The molecule has 0 spiro atoms. The van der Waals surface area contributed by atoms with Crippen LogP contribution in [0.5, 0.6) is 0 Å². The van der Waals surface area contributed by atoms with E-state index in [1.54, 1.807) is 0 Å². The second-order valence-corrected chi connectivity index (χ2v) is 9.66. The first-order chi connectivity index (χ1) is 14.7. The van der Waals surface area contributed by atoms with Crippen LogP contribution in [0.2, 0.25) is 0 Å². The first-order valence-corrected chi connectivity index (χ1v) is 12.2. The largest absolute Gasteiger partial charge is 0.386 e. The predicted octanol–water partition coefficient (Wildman–Crippen LogP) is 6.71. The lowest BCUT2D eigenvalue weighted by Crippen LogP contribution is -2.60. The van der Waals surface area contributed by atoms with Crippen LogP contribution in [0, 0.1) is 5.92 Å². The third-order valence-corrected chi connectivity index (χ3v) is 7.91. The summed E-state index contributed by atoms with van der Waals surface area (Å²) in [6, 6.07) is 20.5. The lowest BCUT2D eigenvalue weighted by molar-refractivity contribution is -0.213. The number of benzene rings is 2. The van der Waals surface area contributed by atoms with Crippen molar-refractivity contribution < 1.29 is 10.2 Å². The highest BCUT2D eigenvalue weighted by atomic mass is 16.4. The molecule has 162 valence electrons. The third kappa shape index (κ3) is 4.09. The van der Waals surface area contributed by atoms with Crippen LogP contribution in [0.15, 0.2) is 60.7 Å². The predicted molar refractivity (Wildman–Crippen MR) is 123 cm³/mol. The fourth-order valence-corrected chi connectivity index (χ4v) is 6.31. The van der Waals surface area contributed by atoms with Gasteiger partial charge in [0.15, 0.2) is 0 Å². The summed E-state index contributed by atoms with van der Waals surface area (Å²) in [5, 5.41) is 25.3. The zero-order valence-corrected chi connectivity index (χ0v) is 18.3. The zero-order chi connectivity index (χ0) is 20.9. The molecule has 2 nitrogen and oxygen atoms in total. The molecule has 2 fully saturated rings. The van der Waals surface area contributed by atoms with E-state index in [1.165, 1.54) is 19.3 Å². The van der Waals surface area contributed by atoms with Crippen molar-refractivity contribution in [3.63, 3.8) is 0 Å². The molecule has 0 radical (unpaired) electrons. The standard InChI is InChI=1S/C28H38O2/c29-27(24-17-9-2-1-3-10-18-24)22-14-6-13-21-26(23-15-7-4-8-16-23)28(27,30)25-19-11-5-12-20-25/h4-5,7-8,11-12,15-16,19-20,24,26,29-30H,1-3,6,9-10,13-14,17-18,21-22H2. The van der Waals surface area contributed by atoms with Crippen LogP contribution >= 0.6 is 0 Å². The van der Waals surface area contributed by atoms with E-state index < -0.39 is 11.2 Å². The van der Waals surface area contributed by atoms with Crippen molar-refractivity contribution in [3.8, 4) is 0 Å². The van der Waals surface area contributed by atoms with Gasteiger partial charge in [0.1, 0.15) is 11.2 Å². The summed E-state index contributed by atoms with van der Waals surface area (Å²) in [5.41, 5.74) is -0.354. The zero-order valence-electron chi connectivity index (χ0n) is 18.3. The highest BCUT2D eigenvalue weighted by Gasteiger charge is 2.58. The molecule has 2 N–H and O–H groups in total. The van der Waals surface area contributed by atoms with E-state index in [0.717, 1.165) is 62.5 Å². The SMILES string of the molecule is OC1(C2CCCCCCC2)CCCCCC(c2ccccc2)C1(O)c1ccccc1. The average molecular weight is 407 g/mol. The summed E-state index contributed by atoms with van der Waals surface area (Å²) < 4.78 is 0. The topological polar surface area (TPSA) is 40.5 Å². The Balaban J connectivity index is 1.86. The van der Waals surface area contributed by atoms with Crippen LogP contribution in [0.4, 0.5) is 0 Å². The molecule has 2 aromatic rings. The summed E-state index contributed by atoms with van der Waals surface area (Å²) in [7, 11) is 0. The van der Waals surface area contributed by atoms with Gasteiger partial charge in [-0.15, -0.1) is 0 Å². The normalized spacial score (nSPS) is 31.9. The molecule has 3 unspecified atom stereocenters. The van der Waals surface area contributed by atoms with Gasteiger partial charge in [-0.25, -0.2) is 0 Å². The van der Waals surface area contributed by atoms with E-state index in [-0.39, 0.29) is 11.8 Å². The van der Waals surface area contributed by atoms with Crippen LogP contribution in [0.25, 0.3) is 0 Å². The molecule has 0 saturated heterocycles. The smallest absolute Gasteiger partial charge is 0.125 e. The van der Waals surface area contributed by atoms with Gasteiger partial charge in [0.05, 0.1) is 0 Å². The van der Waals surface area contributed by atoms with E-state index in [1.807, 2.05) is 36.4 Å². The first-order valence-electron chi connectivity index (χ1n) is 12.2. The number of rotatable bonds is 3. The highest BCUT2D eigenvalue weighted by molar-refractivity contribution is 5.35. The second-order valence-electron chi connectivity index (χ2n) is 9.66. The Morgan fingerprint density at radius 2 is 1.13 bits per heavy atom. The highest BCUT2D eigenvalue weighted by Crippen LogP contribution is 2.55. The monoisotopic (exact) mass is 406 g/mol. The van der Waals surface area contributed by atoms with Gasteiger partial charge in [0.2, 0.25) is 0 Å². The fourth-order valence-electron chi connectivity index (χ4n) is 6.31. The number of aliphatic hydroxyl groups is 2.